The highest BCUT2D eigenvalue weighted by atomic mass is 16.4. The largest absolute Gasteiger partial charge is 0.504 e. The summed E-state index contributed by atoms with van der Waals surface area (Å²) >= 11 is 0. The molecule has 0 aliphatic carbocycles. The van der Waals surface area contributed by atoms with Gasteiger partial charge in [-0.2, -0.15) is 0 Å². The molecule has 0 spiro atoms. The molecule has 0 saturated carbocycles. The van der Waals surface area contributed by atoms with Crippen molar-refractivity contribution in [2.24, 2.45) is 0 Å². The van der Waals surface area contributed by atoms with Crippen molar-refractivity contribution < 1.29 is 14.6 Å². The van der Waals surface area contributed by atoms with Crippen molar-refractivity contribution in [3.8, 4) is 11.5 Å². The van der Waals surface area contributed by atoms with E-state index in [1.165, 1.54) is 34.9 Å². The highest BCUT2D eigenvalue weighted by Gasteiger charge is 2.12. The van der Waals surface area contributed by atoms with E-state index in [0.29, 0.717) is 11.9 Å². The molecule has 3 rings (SSSR count). The van der Waals surface area contributed by atoms with Gasteiger partial charge in [0.05, 0.1) is 0 Å². The van der Waals surface area contributed by atoms with Crippen LogP contribution in [0.4, 0.5) is 0 Å². The average molecular weight is 339 g/mol. The van der Waals surface area contributed by atoms with Gasteiger partial charge in [-0.1, -0.05) is 23.8 Å². The second kappa shape index (κ2) is 6.61. The van der Waals surface area contributed by atoms with Gasteiger partial charge in [-0.25, -0.2) is 4.79 Å². The zero-order valence-corrected chi connectivity index (χ0v) is 14.5. The number of phenolic OH excluding ortho intramolecular Hbond substituents is 2. The molecule has 0 aliphatic rings. The van der Waals surface area contributed by atoms with Crippen LogP contribution < -0.4 is 5.63 Å². The minimum atomic E-state index is -0.479. The Labute approximate surface area is 145 Å². The van der Waals surface area contributed by atoms with Crippen LogP contribution in [0.2, 0.25) is 0 Å². The lowest BCUT2D eigenvalue weighted by Crippen LogP contribution is -2.19. The number of phenols is 2. The van der Waals surface area contributed by atoms with Crippen LogP contribution in [0, 0.1) is 13.8 Å². The number of rotatable bonds is 4. The topological polar surface area (TPSA) is 73.9 Å². The van der Waals surface area contributed by atoms with Crippen molar-refractivity contribution >= 4 is 11.0 Å². The maximum atomic E-state index is 11.8. The third-order valence-corrected chi connectivity index (χ3v) is 4.30. The molecule has 0 aliphatic heterocycles. The first kappa shape index (κ1) is 17.0. The second-order valence-corrected chi connectivity index (χ2v) is 6.53. The summed E-state index contributed by atoms with van der Waals surface area (Å²) in [5, 5.41) is 20.0. The predicted octanol–water partition coefficient (Wildman–Crippen LogP) is 3.45. The van der Waals surface area contributed by atoms with Gasteiger partial charge in [0.15, 0.2) is 11.5 Å². The third-order valence-electron chi connectivity index (χ3n) is 4.30. The van der Waals surface area contributed by atoms with Gasteiger partial charge in [0.2, 0.25) is 0 Å². The summed E-state index contributed by atoms with van der Waals surface area (Å²) in [5.41, 5.74) is 4.21. The number of hydrogen-bond donors (Lipinski definition) is 2. The molecule has 0 amide bonds. The summed E-state index contributed by atoms with van der Waals surface area (Å²) in [5.74, 6) is -0.545. The van der Waals surface area contributed by atoms with E-state index < -0.39 is 5.63 Å². The summed E-state index contributed by atoms with van der Waals surface area (Å²) in [6.45, 7) is 5.40. The Morgan fingerprint density at radius 2 is 1.64 bits per heavy atom. The number of benzene rings is 2. The number of nitrogens with zero attached hydrogens (tertiary/aromatic N) is 1. The first-order chi connectivity index (χ1) is 11.8. The molecule has 5 heteroatoms. The minimum Gasteiger partial charge on any atom is -0.504 e. The fraction of sp³-hybridized carbons (Fsp3) is 0.250. The fourth-order valence-electron chi connectivity index (χ4n) is 3.04. The van der Waals surface area contributed by atoms with E-state index in [1.807, 2.05) is 7.05 Å². The van der Waals surface area contributed by atoms with E-state index in [4.69, 9.17) is 4.42 Å². The van der Waals surface area contributed by atoms with Gasteiger partial charge >= 0.3 is 5.63 Å². The molecule has 0 unspecified atom stereocenters. The van der Waals surface area contributed by atoms with E-state index in [-0.39, 0.29) is 17.1 Å². The molecule has 0 bridgehead atoms. The Hall–Kier alpha value is -2.79. The van der Waals surface area contributed by atoms with E-state index in [0.717, 1.165) is 12.1 Å². The molecule has 5 nitrogen and oxygen atoms in total. The molecule has 130 valence electrons. The predicted molar refractivity (Wildman–Crippen MR) is 96.9 cm³/mol. The number of fused-ring (bicyclic) bond motifs is 1. The maximum Gasteiger partial charge on any atom is 0.336 e. The van der Waals surface area contributed by atoms with Gasteiger partial charge < -0.3 is 14.6 Å². The number of hydrogen-bond acceptors (Lipinski definition) is 5. The number of aromatic hydroxyl groups is 2. The van der Waals surface area contributed by atoms with Crippen molar-refractivity contribution in [2.45, 2.75) is 26.9 Å². The van der Waals surface area contributed by atoms with Crippen LogP contribution in [0.1, 0.15) is 22.3 Å². The van der Waals surface area contributed by atoms with Gasteiger partial charge in [0.25, 0.3) is 0 Å². The molecule has 0 atom stereocenters. The van der Waals surface area contributed by atoms with Gasteiger partial charge in [-0.3, -0.25) is 4.90 Å². The normalized spacial score (nSPS) is 11.4. The van der Waals surface area contributed by atoms with E-state index in [2.05, 4.69) is 36.9 Å². The highest BCUT2D eigenvalue weighted by Crippen LogP contribution is 2.31. The zero-order chi connectivity index (χ0) is 18.1. The molecule has 3 aromatic rings. The summed E-state index contributed by atoms with van der Waals surface area (Å²) in [6, 6.07) is 10.5. The monoisotopic (exact) mass is 339 g/mol. The Kier molecular flexibility index (Phi) is 4.51. The van der Waals surface area contributed by atoms with Gasteiger partial charge in [0.1, 0.15) is 5.58 Å². The maximum absolute atomic E-state index is 11.8. The van der Waals surface area contributed by atoms with Gasteiger partial charge in [0, 0.05) is 30.6 Å². The smallest absolute Gasteiger partial charge is 0.336 e. The van der Waals surface area contributed by atoms with Crippen molar-refractivity contribution in [2.75, 3.05) is 7.05 Å². The van der Waals surface area contributed by atoms with Crippen LogP contribution in [0.15, 0.2) is 45.6 Å². The highest BCUT2D eigenvalue weighted by molar-refractivity contribution is 5.83. The van der Waals surface area contributed by atoms with Gasteiger partial charge in [-0.05, 0) is 43.7 Å². The lowest BCUT2D eigenvalue weighted by atomic mass is 10.0. The summed E-state index contributed by atoms with van der Waals surface area (Å²) < 4.78 is 5.13. The molecule has 0 fully saturated rings. The fourth-order valence-corrected chi connectivity index (χ4v) is 3.04. The van der Waals surface area contributed by atoms with Crippen molar-refractivity contribution in [1.82, 2.24) is 4.90 Å². The van der Waals surface area contributed by atoms with Crippen molar-refractivity contribution in [3.05, 3.63) is 69.1 Å². The average Bonchev–Trinajstić information content (AvgIpc) is 2.52. The third kappa shape index (κ3) is 3.67. The lowest BCUT2D eigenvalue weighted by molar-refractivity contribution is 0.318. The quantitative estimate of drug-likeness (QED) is 0.562. The number of aryl methyl sites for hydroxylation is 2. The van der Waals surface area contributed by atoms with Crippen LogP contribution in [0.5, 0.6) is 11.5 Å². The molecule has 2 N–H and O–H groups in total. The Balaban J connectivity index is 1.91. The lowest BCUT2D eigenvalue weighted by Gasteiger charge is -2.19. The molecular weight excluding hydrogens is 318 g/mol. The first-order valence-corrected chi connectivity index (χ1v) is 8.07. The van der Waals surface area contributed by atoms with Crippen molar-refractivity contribution in [3.63, 3.8) is 0 Å². The summed E-state index contributed by atoms with van der Waals surface area (Å²) in [6.07, 6.45) is 0. The SMILES string of the molecule is Cc1ccc(CN(C)Cc2cc(=O)oc3cc(O)c(O)cc23)c(C)c1. The van der Waals surface area contributed by atoms with Crippen LogP contribution in [0.25, 0.3) is 11.0 Å². The molecule has 25 heavy (non-hydrogen) atoms. The summed E-state index contributed by atoms with van der Waals surface area (Å²) in [7, 11) is 1.97. The standard InChI is InChI=1S/C20H21NO4/c1-12-4-5-14(13(2)6-12)10-21(3)11-15-7-20(24)25-19-9-18(23)17(22)8-16(15)19/h4-9,22-23H,10-11H2,1-3H3. The Morgan fingerprint density at radius 1 is 0.960 bits per heavy atom. The Morgan fingerprint density at radius 3 is 2.36 bits per heavy atom. The molecule has 0 saturated heterocycles. The summed E-state index contributed by atoms with van der Waals surface area (Å²) in [4.78, 5) is 13.9. The molecule has 0 radical (unpaired) electrons. The van der Waals surface area contributed by atoms with Crippen LogP contribution in [-0.2, 0) is 13.1 Å². The zero-order valence-electron chi connectivity index (χ0n) is 14.5. The molecule has 2 aromatic carbocycles. The first-order valence-electron chi connectivity index (χ1n) is 8.07. The van der Waals surface area contributed by atoms with E-state index in [1.54, 1.807) is 0 Å². The molecular formula is C20H21NO4. The van der Waals surface area contributed by atoms with Gasteiger partial charge in [-0.15, -0.1) is 0 Å². The van der Waals surface area contributed by atoms with Crippen LogP contribution >= 0.6 is 0 Å². The second-order valence-electron chi connectivity index (χ2n) is 6.53. The minimum absolute atomic E-state index is 0.236. The van der Waals surface area contributed by atoms with E-state index >= 15 is 0 Å². The van der Waals surface area contributed by atoms with E-state index in [9.17, 15) is 15.0 Å². The van der Waals surface area contributed by atoms with Crippen molar-refractivity contribution in [1.29, 1.82) is 0 Å². The van der Waals surface area contributed by atoms with Crippen LogP contribution in [0.3, 0.4) is 0 Å². The molecule has 1 heterocycles. The molecule has 1 aromatic heterocycles. The van der Waals surface area contributed by atoms with Crippen LogP contribution in [-0.4, -0.2) is 22.2 Å². The Bertz CT molecular complexity index is 991.